The van der Waals surface area contributed by atoms with E-state index in [0.717, 1.165) is 5.69 Å². The molecule has 0 saturated carbocycles. The number of carbonyl (C=O) groups is 2. The summed E-state index contributed by atoms with van der Waals surface area (Å²) in [4.78, 5) is 30.2. The molecule has 1 aliphatic rings. The maximum Gasteiger partial charge on any atom is 0.321 e. The van der Waals surface area contributed by atoms with Crippen molar-refractivity contribution in [3.63, 3.8) is 0 Å². The van der Waals surface area contributed by atoms with Crippen LogP contribution in [0.4, 0.5) is 10.5 Å². The van der Waals surface area contributed by atoms with Crippen molar-refractivity contribution < 1.29 is 9.59 Å². The topological polar surface area (TPSA) is 74.3 Å². The molecule has 1 saturated heterocycles. The largest absolute Gasteiger partial charge is 0.349 e. The van der Waals surface area contributed by atoms with Crippen molar-refractivity contribution >= 4 is 40.8 Å². The van der Waals surface area contributed by atoms with E-state index in [4.69, 9.17) is 23.2 Å². The summed E-state index contributed by atoms with van der Waals surface area (Å²) >= 11 is 11.7. The highest BCUT2D eigenvalue weighted by Gasteiger charge is 2.24. The third-order valence-corrected chi connectivity index (χ3v) is 4.89. The first-order chi connectivity index (χ1) is 12.5. The van der Waals surface area contributed by atoms with Crippen molar-refractivity contribution in [1.82, 2.24) is 15.2 Å². The van der Waals surface area contributed by atoms with E-state index >= 15 is 0 Å². The second kappa shape index (κ2) is 8.38. The van der Waals surface area contributed by atoms with Crippen LogP contribution in [0.15, 0.2) is 42.6 Å². The van der Waals surface area contributed by atoms with E-state index in [1.165, 1.54) is 12.3 Å². The Labute approximate surface area is 161 Å². The number of nitrogens with one attached hydrogen (secondary N) is 2. The molecule has 1 fully saturated rings. The Hall–Kier alpha value is -2.31. The number of halogens is 2. The summed E-state index contributed by atoms with van der Waals surface area (Å²) in [5.74, 6) is -0.247. The number of rotatable bonds is 3. The van der Waals surface area contributed by atoms with Gasteiger partial charge >= 0.3 is 6.03 Å². The Kier molecular flexibility index (Phi) is 5.96. The lowest BCUT2D eigenvalue weighted by Crippen LogP contribution is -2.47. The van der Waals surface area contributed by atoms with Gasteiger partial charge in [-0.25, -0.2) is 9.78 Å². The van der Waals surface area contributed by atoms with Crippen LogP contribution in [0, 0.1) is 0 Å². The molecule has 0 spiro atoms. The molecule has 26 heavy (non-hydrogen) atoms. The molecule has 8 heteroatoms. The molecule has 1 aliphatic heterocycles. The number of hydrogen-bond acceptors (Lipinski definition) is 3. The van der Waals surface area contributed by atoms with Gasteiger partial charge in [0.1, 0.15) is 5.15 Å². The number of anilines is 1. The van der Waals surface area contributed by atoms with Gasteiger partial charge in [-0.2, -0.15) is 0 Å². The second-order valence-electron chi connectivity index (χ2n) is 6.03. The number of benzene rings is 1. The standard InChI is InChI=1S/C18H18Cl2N4O2/c19-15-10-12(11-21-16(15)20)17(25)22-14-6-8-24(9-7-14)18(26)23-13-4-2-1-3-5-13/h1-5,10-11,14H,6-9H2,(H,22,25)(H,23,26). The number of hydrogen-bond donors (Lipinski definition) is 2. The Morgan fingerprint density at radius 1 is 1.12 bits per heavy atom. The molecule has 136 valence electrons. The van der Waals surface area contributed by atoms with Crippen LogP contribution in [0.3, 0.4) is 0 Å². The van der Waals surface area contributed by atoms with Crippen molar-refractivity contribution in [2.24, 2.45) is 0 Å². The molecule has 0 unspecified atom stereocenters. The molecule has 3 amide bonds. The average molecular weight is 393 g/mol. The lowest BCUT2D eigenvalue weighted by Gasteiger charge is -2.32. The molecule has 2 aromatic rings. The molecule has 3 rings (SSSR count). The fourth-order valence-electron chi connectivity index (χ4n) is 2.77. The normalized spacial score (nSPS) is 14.8. The van der Waals surface area contributed by atoms with E-state index in [0.29, 0.717) is 31.5 Å². The van der Waals surface area contributed by atoms with Crippen LogP contribution < -0.4 is 10.6 Å². The van der Waals surface area contributed by atoms with E-state index in [1.54, 1.807) is 4.90 Å². The van der Waals surface area contributed by atoms with Gasteiger partial charge in [0.25, 0.3) is 5.91 Å². The molecule has 2 N–H and O–H groups in total. The minimum Gasteiger partial charge on any atom is -0.349 e. The quantitative estimate of drug-likeness (QED) is 0.779. The lowest BCUT2D eigenvalue weighted by atomic mass is 10.0. The van der Waals surface area contributed by atoms with Crippen LogP contribution in [0.1, 0.15) is 23.2 Å². The number of para-hydroxylation sites is 1. The summed E-state index contributed by atoms with van der Waals surface area (Å²) in [5, 5.41) is 6.23. The number of urea groups is 1. The number of aromatic nitrogens is 1. The third-order valence-electron chi connectivity index (χ3n) is 4.20. The minimum atomic E-state index is -0.247. The highest BCUT2D eigenvalue weighted by Crippen LogP contribution is 2.20. The van der Waals surface area contributed by atoms with Crippen LogP contribution >= 0.6 is 23.2 Å². The molecule has 1 aromatic heterocycles. The van der Waals surface area contributed by atoms with Gasteiger partial charge in [-0.05, 0) is 31.0 Å². The third kappa shape index (κ3) is 4.65. The number of carbonyl (C=O) groups excluding carboxylic acids is 2. The fraction of sp³-hybridized carbons (Fsp3) is 0.278. The Bertz CT molecular complexity index is 793. The van der Waals surface area contributed by atoms with Gasteiger partial charge in [0.2, 0.25) is 0 Å². The summed E-state index contributed by atoms with van der Waals surface area (Å²) < 4.78 is 0. The van der Waals surface area contributed by atoms with Crippen LogP contribution in [0.25, 0.3) is 0 Å². The van der Waals surface area contributed by atoms with Crippen molar-refractivity contribution in [2.45, 2.75) is 18.9 Å². The summed E-state index contributed by atoms with van der Waals surface area (Å²) in [6, 6.07) is 10.7. The van der Waals surface area contributed by atoms with Crippen molar-refractivity contribution in [3.05, 3.63) is 58.3 Å². The summed E-state index contributed by atoms with van der Waals surface area (Å²) in [6.07, 6.45) is 2.76. The highest BCUT2D eigenvalue weighted by molar-refractivity contribution is 6.41. The van der Waals surface area contributed by atoms with E-state index in [1.807, 2.05) is 30.3 Å². The van der Waals surface area contributed by atoms with Crippen molar-refractivity contribution in [2.75, 3.05) is 18.4 Å². The lowest BCUT2D eigenvalue weighted by molar-refractivity contribution is 0.0919. The molecule has 0 aliphatic carbocycles. The molecule has 0 bridgehead atoms. The first kappa shape index (κ1) is 18.5. The van der Waals surface area contributed by atoms with E-state index in [2.05, 4.69) is 15.6 Å². The summed E-state index contributed by atoms with van der Waals surface area (Å²) in [7, 11) is 0. The number of amides is 3. The maximum absolute atomic E-state index is 12.3. The van der Waals surface area contributed by atoms with Gasteiger partial charge in [-0.15, -0.1) is 0 Å². The van der Waals surface area contributed by atoms with E-state index in [9.17, 15) is 9.59 Å². The number of likely N-dealkylation sites (tertiary alicyclic amines) is 1. The minimum absolute atomic E-state index is 0.00210. The van der Waals surface area contributed by atoms with Crippen LogP contribution in [-0.2, 0) is 0 Å². The Balaban J connectivity index is 1.49. The predicted molar refractivity (Wildman–Crippen MR) is 102 cm³/mol. The smallest absolute Gasteiger partial charge is 0.321 e. The zero-order chi connectivity index (χ0) is 18.5. The van der Waals surface area contributed by atoms with Gasteiger partial charge in [0.05, 0.1) is 10.6 Å². The van der Waals surface area contributed by atoms with Gasteiger partial charge in [-0.1, -0.05) is 41.4 Å². The van der Waals surface area contributed by atoms with Crippen LogP contribution in [-0.4, -0.2) is 41.0 Å². The zero-order valence-corrected chi connectivity index (χ0v) is 15.4. The van der Waals surface area contributed by atoms with Crippen LogP contribution in [0.5, 0.6) is 0 Å². The van der Waals surface area contributed by atoms with Gasteiger partial charge in [-0.3, -0.25) is 4.79 Å². The number of nitrogens with zero attached hydrogens (tertiary/aromatic N) is 2. The second-order valence-corrected chi connectivity index (χ2v) is 6.79. The fourth-order valence-corrected chi connectivity index (χ4v) is 3.03. The van der Waals surface area contributed by atoms with Crippen molar-refractivity contribution in [1.29, 1.82) is 0 Å². The Morgan fingerprint density at radius 3 is 2.46 bits per heavy atom. The molecule has 0 radical (unpaired) electrons. The van der Waals surface area contributed by atoms with E-state index in [-0.39, 0.29) is 28.2 Å². The SMILES string of the molecule is O=C(NC1CCN(C(=O)Nc2ccccc2)CC1)c1cnc(Cl)c(Cl)c1. The first-order valence-electron chi connectivity index (χ1n) is 8.26. The molecular weight excluding hydrogens is 375 g/mol. The van der Waals surface area contributed by atoms with Crippen LogP contribution in [0.2, 0.25) is 10.2 Å². The molecule has 1 aromatic carbocycles. The number of piperidine rings is 1. The van der Waals surface area contributed by atoms with Gasteiger partial charge in [0.15, 0.2) is 0 Å². The van der Waals surface area contributed by atoms with E-state index < -0.39 is 0 Å². The molecule has 2 heterocycles. The Morgan fingerprint density at radius 2 is 1.81 bits per heavy atom. The van der Waals surface area contributed by atoms with Gasteiger partial charge < -0.3 is 15.5 Å². The monoisotopic (exact) mass is 392 g/mol. The zero-order valence-electron chi connectivity index (χ0n) is 13.9. The molecule has 0 atom stereocenters. The molecule has 6 nitrogen and oxygen atoms in total. The highest BCUT2D eigenvalue weighted by atomic mass is 35.5. The van der Waals surface area contributed by atoms with Crippen molar-refractivity contribution in [3.8, 4) is 0 Å². The number of pyridine rings is 1. The molecular formula is C18H18Cl2N4O2. The average Bonchev–Trinajstić information content (AvgIpc) is 2.65. The predicted octanol–water partition coefficient (Wildman–Crippen LogP) is 3.81. The first-order valence-corrected chi connectivity index (χ1v) is 9.01. The maximum atomic E-state index is 12.3. The van der Waals surface area contributed by atoms with Gasteiger partial charge in [0, 0.05) is 31.0 Å². The summed E-state index contributed by atoms with van der Waals surface area (Å²) in [6.45, 7) is 1.15. The summed E-state index contributed by atoms with van der Waals surface area (Å²) in [5.41, 5.74) is 1.13.